The maximum absolute atomic E-state index is 11.9. The molecule has 0 saturated heterocycles. The summed E-state index contributed by atoms with van der Waals surface area (Å²) in [6, 6.07) is 0. The van der Waals surface area contributed by atoms with Gasteiger partial charge in [-0.2, -0.15) is 0 Å². The number of carbonyl (C=O) groups excluding carboxylic acids is 1. The monoisotopic (exact) mass is 436 g/mol. The van der Waals surface area contributed by atoms with Gasteiger partial charge in [-0.25, -0.2) is 0 Å². The van der Waals surface area contributed by atoms with Crippen LogP contribution >= 0.6 is 0 Å². The lowest BCUT2D eigenvalue weighted by Crippen LogP contribution is -2.62. The summed E-state index contributed by atoms with van der Waals surface area (Å²) >= 11 is 0. The molecular weight excluding hydrogens is 392 g/mol. The van der Waals surface area contributed by atoms with E-state index in [-0.39, 0.29) is 41.0 Å². The fourth-order valence-corrected chi connectivity index (χ4v) is 8.91. The lowest BCUT2D eigenvalue weighted by atomic mass is 9.43. The molecule has 5 nitrogen and oxygen atoms in total. The van der Waals surface area contributed by atoms with Crippen molar-refractivity contribution in [3.8, 4) is 0 Å². The van der Waals surface area contributed by atoms with E-state index in [1.54, 1.807) is 0 Å². The molecule has 178 valence electrons. The standard InChI is InChI=1S/C26H44O5/c1-5-31-23(30)9-6-15(2)18-7-8-19-24-20(14-22(29)26(18,19)4)25(3)11-10-17(27)12-16(25)13-21(24)28/h15-22,24,27-29H,5-14H2,1-4H3/t15-,16+,17+,18+,19-,20-,21+,22-,24-,25-,26+/m0/s1. The highest BCUT2D eigenvalue weighted by Gasteiger charge is 2.65. The summed E-state index contributed by atoms with van der Waals surface area (Å²) in [6.45, 7) is 9.13. The average Bonchev–Trinajstić information content (AvgIpc) is 3.07. The Morgan fingerprint density at radius 3 is 2.52 bits per heavy atom. The van der Waals surface area contributed by atoms with Crippen molar-refractivity contribution in [1.29, 1.82) is 0 Å². The molecule has 5 heteroatoms. The fourth-order valence-electron chi connectivity index (χ4n) is 8.91. The van der Waals surface area contributed by atoms with Crippen LogP contribution in [-0.2, 0) is 9.53 Å². The molecule has 4 fully saturated rings. The van der Waals surface area contributed by atoms with E-state index < -0.39 is 0 Å². The smallest absolute Gasteiger partial charge is 0.305 e. The summed E-state index contributed by atoms with van der Waals surface area (Å²) in [5, 5.41) is 33.1. The molecule has 4 aliphatic carbocycles. The van der Waals surface area contributed by atoms with E-state index in [4.69, 9.17) is 4.74 Å². The molecule has 0 amide bonds. The van der Waals surface area contributed by atoms with Crippen LogP contribution in [-0.4, -0.2) is 46.2 Å². The Morgan fingerprint density at radius 2 is 1.81 bits per heavy atom. The van der Waals surface area contributed by atoms with Gasteiger partial charge in [0.15, 0.2) is 0 Å². The Morgan fingerprint density at radius 1 is 1.06 bits per heavy atom. The largest absolute Gasteiger partial charge is 0.466 e. The van der Waals surface area contributed by atoms with Gasteiger partial charge in [-0.3, -0.25) is 4.79 Å². The molecule has 4 rings (SSSR count). The number of fused-ring (bicyclic) bond motifs is 5. The van der Waals surface area contributed by atoms with Crippen molar-refractivity contribution in [2.24, 2.45) is 46.3 Å². The molecule has 3 N–H and O–H groups in total. The number of aliphatic hydroxyl groups is 3. The summed E-state index contributed by atoms with van der Waals surface area (Å²) in [5.74, 6) is 1.84. The van der Waals surface area contributed by atoms with Crippen LogP contribution in [0.2, 0.25) is 0 Å². The predicted molar refractivity (Wildman–Crippen MR) is 119 cm³/mol. The third kappa shape index (κ3) is 3.77. The molecule has 0 spiro atoms. The normalized spacial score (nSPS) is 50.2. The van der Waals surface area contributed by atoms with Crippen molar-refractivity contribution in [3.63, 3.8) is 0 Å². The Bertz CT molecular complexity index is 666. The average molecular weight is 437 g/mol. The maximum Gasteiger partial charge on any atom is 0.305 e. The second kappa shape index (κ2) is 8.61. The van der Waals surface area contributed by atoms with Gasteiger partial charge in [0.25, 0.3) is 0 Å². The molecule has 11 atom stereocenters. The zero-order valence-corrected chi connectivity index (χ0v) is 19.9. The summed E-state index contributed by atoms with van der Waals surface area (Å²) in [4.78, 5) is 11.9. The van der Waals surface area contributed by atoms with Gasteiger partial charge in [0.2, 0.25) is 0 Å². The minimum Gasteiger partial charge on any atom is -0.466 e. The molecule has 4 saturated carbocycles. The SMILES string of the molecule is CCOC(=O)CC[C@H](C)[C@H]1CC[C@H]2[C@@H]3[C@H](O)C[C@H]4C[C@H](O)CC[C@]4(C)[C@H]3C[C@H](O)[C@]12C. The van der Waals surface area contributed by atoms with Crippen molar-refractivity contribution in [2.75, 3.05) is 6.61 Å². The summed E-state index contributed by atoms with van der Waals surface area (Å²) in [7, 11) is 0. The molecule has 4 aliphatic rings. The molecular formula is C26H44O5. The van der Waals surface area contributed by atoms with Gasteiger partial charge >= 0.3 is 5.97 Å². The topological polar surface area (TPSA) is 87.0 Å². The molecule has 0 aromatic carbocycles. The van der Waals surface area contributed by atoms with Gasteiger partial charge in [0.05, 0.1) is 24.9 Å². The fraction of sp³-hybridized carbons (Fsp3) is 0.962. The first kappa shape index (κ1) is 23.5. The van der Waals surface area contributed by atoms with E-state index in [2.05, 4.69) is 20.8 Å². The van der Waals surface area contributed by atoms with E-state index in [9.17, 15) is 20.1 Å². The van der Waals surface area contributed by atoms with Crippen molar-refractivity contribution in [1.82, 2.24) is 0 Å². The van der Waals surface area contributed by atoms with Crippen LogP contribution in [0.3, 0.4) is 0 Å². The molecule has 0 unspecified atom stereocenters. The second-order valence-corrected chi connectivity index (χ2v) is 11.8. The highest BCUT2D eigenvalue weighted by atomic mass is 16.5. The minimum absolute atomic E-state index is 0.110. The first-order valence-electron chi connectivity index (χ1n) is 12.8. The molecule has 0 radical (unpaired) electrons. The van der Waals surface area contributed by atoms with E-state index in [0.29, 0.717) is 42.6 Å². The van der Waals surface area contributed by atoms with E-state index in [1.807, 2.05) is 6.92 Å². The van der Waals surface area contributed by atoms with Crippen molar-refractivity contribution in [2.45, 2.75) is 104 Å². The number of ether oxygens (including phenoxy) is 1. The number of esters is 1. The number of hydrogen-bond acceptors (Lipinski definition) is 5. The van der Waals surface area contributed by atoms with Crippen LogP contribution < -0.4 is 0 Å². The zero-order chi connectivity index (χ0) is 22.6. The molecule has 0 heterocycles. The highest BCUT2D eigenvalue weighted by molar-refractivity contribution is 5.69. The molecule has 0 aromatic heterocycles. The Labute approximate surface area is 187 Å². The van der Waals surface area contributed by atoms with Gasteiger partial charge in [-0.1, -0.05) is 20.8 Å². The highest BCUT2D eigenvalue weighted by Crippen LogP contribution is 2.68. The second-order valence-electron chi connectivity index (χ2n) is 11.8. The quantitative estimate of drug-likeness (QED) is 0.569. The van der Waals surface area contributed by atoms with Crippen LogP contribution in [0.1, 0.15) is 85.5 Å². The Balaban J connectivity index is 1.54. The van der Waals surface area contributed by atoms with Crippen LogP contribution in [0.4, 0.5) is 0 Å². The lowest BCUT2D eigenvalue weighted by Gasteiger charge is -2.63. The zero-order valence-electron chi connectivity index (χ0n) is 19.9. The van der Waals surface area contributed by atoms with Gasteiger partial charge in [-0.05, 0) is 105 Å². The number of carbonyl (C=O) groups is 1. The third-order valence-electron chi connectivity index (χ3n) is 10.6. The van der Waals surface area contributed by atoms with Crippen LogP contribution in [0, 0.1) is 46.3 Å². The van der Waals surface area contributed by atoms with Crippen molar-refractivity contribution < 1.29 is 24.9 Å². The molecule has 31 heavy (non-hydrogen) atoms. The number of aliphatic hydroxyl groups excluding tert-OH is 3. The predicted octanol–water partition coefficient (Wildman–Crippen LogP) is 3.93. The minimum atomic E-state index is -0.370. The first-order chi connectivity index (χ1) is 14.6. The maximum atomic E-state index is 11.9. The Hall–Kier alpha value is -0.650. The van der Waals surface area contributed by atoms with Crippen LogP contribution in [0.15, 0.2) is 0 Å². The third-order valence-corrected chi connectivity index (χ3v) is 10.6. The lowest BCUT2D eigenvalue weighted by molar-refractivity contribution is -0.207. The van der Waals surface area contributed by atoms with Crippen molar-refractivity contribution >= 4 is 5.97 Å². The van der Waals surface area contributed by atoms with E-state index in [1.165, 1.54) is 0 Å². The van der Waals surface area contributed by atoms with Gasteiger partial charge in [0.1, 0.15) is 0 Å². The molecule has 0 aliphatic heterocycles. The molecule has 0 aromatic rings. The van der Waals surface area contributed by atoms with Gasteiger partial charge in [0, 0.05) is 6.42 Å². The number of hydrogen-bond donors (Lipinski definition) is 3. The first-order valence-corrected chi connectivity index (χ1v) is 12.8. The number of rotatable bonds is 5. The van der Waals surface area contributed by atoms with Crippen LogP contribution in [0.5, 0.6) is 0 Å². The molecule has 0 bridgehead atoms. The van der Waals surface area contributed by atoms with E-state index >= 15 is 0 Å². The van der Waals surface area contributed by atoms with Crippen LogP contribution in [0.25, 0.3) is 0 Å². The summed E-state index contributed by atoms with van der Waals surface area (Å²) in [5.41, 5.74) is -0.0906. The van der Waals surface area contributed by atoms with Crippen molar-refractivity contribution in [3.05, 3.63) is 0 Å². The van der Waals surface area contributed by atoms with E-state index in [0.717, 1.165) is 51.4 Å². The van der Waals surface area contributed by atoms with Gasteiger partial charge < -0.3 is 20.1 Å². The Kier molecular flexibility index (Phi) is 6.53. The summed E-state index contributed by atoms with van der Waals surface area (Å²) < 4.78 is 5.12. The summed E-state index contributed by atoms with van der Waals surface area (Å²) in [6.07, 6.45) is 6.62. The van der Waals surface area contributed by atoms with Gasteiger partial charge in [-0.15, -0.1) is 0 Å².